The van der Waals surface area contributed by atoms with Crippen molar-refractivity contribution in [1.82, 2.24) is 15.0 Å². The Morgan fingerprint density at radius 3 is 2.16 bits per heavy atom. The lowest BCUT2D eigenvalue weighted by Crippen LogP contribution is -2.50. The van der Waals surface area contributed by atoms with Gasteiger partial charge in [-0.2, -0.15) is 0 Å². The van der Waals surface area contributed by atoms with Gasteiger partial charge in [0.05, 0.1) is 27.0 Å². The van der Waals surface area contributed by atoms with Crippen molar-refractivity contribution < 1.29 is 36.7 Å². The third-order valence-corrected chi connectivity index (χ3v) is 8.35. The Bertz CT molecular complexity index is 1750. The second kappa shape index (κ2) is 12.1. The van der Waals surface area contributed by atoms with Crippen molar-refractivity contribution in [3.63, 3.8) is 0 Å². The first-order chi connectivity index (χ1) is 20.9. The normalized spacial score (nSPS) is 14.0. The average Bonchev–Trinajstić information content (AvgIpc) is 3.41. The van der Waals surface area contributed by atoms with Crippen LogP contribution in [0.25, 0.3) is 22.4 Å². The third-order valence-electron chi connectivity index (χ3n) is 6.95. The van der Waals surface area contributed by atoms with Crippen LogP contribution in [0.3, 0.4) is 0 Å². The fraction of sp³-hybridized carbons (Fsp3) is 0.367. The van der Waals surface area contributed by atoms with Gasteiger partial charge in [-0.15, -0.1) is 0 Å². The number of hydrogen-bond acceptors (Lipinski definition) is 11. The fourth-order valence-electron chi connectivity index (χ4n) is 4.89. The first kappa shape index (κ1) is 30.7. The van der Waals surface area contributed by atoms with Crippen molar-refractivity contribution >= 4 is 38.7 Å². The van der Waals surface area contributed by atoms with Crippen molar-refractivity contribution in [2.75, 3.05) is 57.1 Å². The third kappa shape index (κ3) is 6.30. The van der Waals surface area contributed by atoms with E-state index in [0.29, 0.717) is 37.6 Å². The van der Waals surface area contributed by atoms with E-state index in [2.05, 4.69) is 19.8 Å². The summed E-state index contributed by atoms with van der Waals surface area (Å²) in [5.74, 6) is 0.416. The molecule has 0 saturated carbocycles. The average molecular weight is 626 g/mol. The van der Waals surface area contributed by atoms with E-state index in [4.69, 9.17) is 23.5 Å². The predicted octanol–water partition coefficient (Wildman–Crippen LogP) is 4.77. The maximum absolute atomic E-state index is 13.4. The Morgan fingerprint density at radius 1 is 0.909 bits per heavy atom. The topological polar surface area (TPSA) is 146 Å². The zero-order valence-electron chi connectivity index (χ0n) is 25.4. The van der Waals surface area contributed by atoms with E-state index < -0.39 is 15.6 Å². The SMILES string of the molecule is COc1cccc(OC)c1S(=O)(=O)Nc1noc2nc(-c3cccc(N4CCN(C(=O)OC(C)(C)C)CC4)c3)cc(OC)c12. The fourth-order valence-corrected chi connectivity index (χ4v) is 6.22. The Kier molecular flexibility index (Phi) is 8.46. The van der Waals surface area contributed by atoms with Crippen molar-refractivity contribution in [2.45, 2.75) is 31.3 Å². The van der Waals surface area contributed by atoms with E-state index in [9.17, 15) is 13.2 Å². The van der Waals surface area contributed by atoms with Gasteiger partial charge in [0.1, 0.15) is 28.2 Å². The van der Waals surface area contributed by atoms with Crippen molar-refractivity contribution in [3.05, 3.63) is 48.5 Å². The lowest BCUT2D eigenvalue weighted by molar-refractivity contribution is 0.0240. The molecule has 13 nitrogen and oxygen atoms in total. The smallest absolute Gasteiger partial charge is 0.410 e. The van der Waals surface area contributed by atoms with Crippen molar-refractivity contribution in [2.24, 2.45) is 0 Å². The number of carbonyl (C=O) groups is 1. The van der Waals surface area contributed by atoms with Crippen LogP contribution in [0.4, 0.5) is 16.3 Å². The van der Waals surface area contributed by atoms with E-state index in [1.807, 2.05) is 45.0 Å². The largest absolute Gasteiger partial charge is 0.496 e. The highest BCUT2D eigenvalue weighted by atomic mass is 32.2. The summed E-state index contributed by atoms with van der Waals surface area (Å²) in [4.78, 5) is 20.8. The zero-order chi connectivity index (χ0) is 31.6. The minimum Gasteiger partial charge on any atom is -0.496 e. The summed E-state index contributed by atoms with van der Waals surface area (Å²) in [6.45, 7) is 7.91. The van der Waals surface area contributed by atoms with Gasteiger partial charge >= 0.3 is 6.09 Å². The second-order valence-corrected chi connectivity index (χ2v) is 12.6. The molecule has 1 aliphatic heterocycles. The van der Waals surface area contributed by atoms with Gasteiger partial charge in [0.2, 0.25) is 0 Å². The number of piperazine rings is 1. The lowest BCUT2D eigenvalue weighted by atomic mass is 10.1. The molecule has 234 valence electrons. The molecular formula is C30H35N5O8S. The molecule has 1 aliphatic rings. The number of hydrogen-bond donors (Lipinski definition) is 1. The Hall–Kier alpha value is -4.72. The standard InChI is InChI=1S/C30H35N5O8S/c1-30(2,3)42-29(36)35-15-13-34(14-16-35)20-10-7-9-19(17-20)21-18-24(41-6)25-27(32-43-28(25)31-21)33-44(37,38)26-22(39-4)11-8-12-23(26)40-5/h7-12,17-18H,13-16H2,1-6H3,(H,32,33). The second-order valence-electron chi connectivity index (χ2n) is 11.0. The van der Waals surface area contributed by atoms with Gasteiger partial charge in [-0.25, -0.2) is 18.2 Å². The van der Waals surface area contributed by atoms with E-state index in [-0.39, 0.29) is 39.4 Å². The molecular weight excluding hydrogens is 590 g/mol. The summed E-state index contributed by atoms with van der Waals surface area (Å²) < 4.78 is 56.5. The summed E-state index contributed by atoms with van der Waals surface area (Å²) in [7, 11) is -0.0263. The number of ether oxygens (including phenoxy) is 4. The van der Waals surface area contributed by atoms with Crippen molar-refractivity contribution in [1.29, 1.82) is 0 Å². The van der Waals surface area contributed by atoms with E-state index in [0.717, 1.165) is 11.3 Å². The number of nitrogens with one attached hydrogen (secondary N) is 1. The van der Waals surface area contributed by atoms with Gasteiger partial charge in [0.25, 0.3) is 15.7 Å². The molecule has 1 N–H and O–H groups in total. The monoisotopic (exact) mass is 625 g/mol. The van der Waals surface area contributed by atoms with Gasteiger partial charge in [-0.05, 0) is 45.0 Å². The number of methoxy groups -OCH3 is 3. The zero-order valence-corrected chi connectivity index (χ0v) is 26.2. The van der Waals surface area contributed by atoms with Gasteiger partial charge in [0.15, 0.2) is 10.7 Å². The molecule has 0 bridgehead atoms. The summed E-state index contributed by atoms with van der Waals surface area (Å²) in [5.41, 5.74) is 1.83. The summed E-state index contributed by atoms with van der Waals surface area (Å²) in [6.07, 6.45) is -0.314. The number of fused-ring (bicyclic) bond motifs is 1. The number of carbonyl (C=O) groups excluding carboxylic acids is 1. The van der Waals surface area contributed by atoms with Gasteiger partial charge in [-0.3, -0.25) is 4.72 Å². The molecule has 44 heavy (non-hydrogen) atoms. The number of nitrogens with zero attached hydrogens (tertiary/aromatic N) is 4. The Balaban J connectivity index is 1.40. The van der Waals surface area contributed by atoms with E-state index in [1.54, 1.807) is 17.0 Å². The predicted molar refractivity (Wildman–Crippen MR) is 164 cm³/mol. The molecule has 0 radical (unpaired) electrons. The van der Waals surface area contributed by atoms with Crippen LogP contribution in [-0.4, -0.2) is 82.7 Å². The van der Waals surface area contributed by atoms with Gasteiger partial charge in [0, 0.05) is 43.5 Å². The first-order valence-electron chi connectivity index (χ1n) is 13.9. The molecule has 3 heterocycles. The highest BCUT2D eigenvalue weighted by Crippen LogP contribution is 2.39. The molecule has 2 aromatic heterocycles. The highest BCUT2D eigenvalue weighted by molar-refractivity contribution is 7.93. The molecule has 0 aliphatic carbocycles. The molecule has 0 unspecified atom stereocenters. The summed E-state index contributed by atoms with van der Waals surface area (Å²) in [5, 5.41) is 4.21. The van der Waals surface area contributed by atoms with Crippen LogP contribution in [-0.2, 0) is 14.8 Å². The van der Waals surface area contributed by atoms with Gasteiger partial charge < -0.3 is 33.3 Å². The summed E-state index contributed by atoms with van der Waals surface area (Å²) >= 11 is 0. The number of pyridine rings is 1. The van der Waals surface area contributed by atoms with Crippen molar-refractivity contribution in [3.8, 4) is 28.5 Å². The Morgan fingerprint density at radius 2 is 1.55 bits per heavy atom. The molecule has 1 amide bonds. The maximum atomic E-state index is 13.4. The molecule has 14 heteroatoms. The molecule has 1 fully saturated rings. The number of sulfonamides is 1. The van der Waals surface area contributed by atoms with Crippen LogP contribution < -0.4 is 23.8 Å². The lowest BCUT2D eigenvalue weighted by Gasteiger charge is -2.36. The quantitative estimate of drug-likeness (QED) is 0.289. The van der Waals surface area contributed by atoms with Crippen LogP contribution in [0.15, 0.2) is 57.9 Å². The Labute approximate surface area is 255 Å². The van der Waals surface area contributed by atoms with Crippen LogP contribution in [0.2, 0.25) is 0 Å². The number of aromatic nitrogens is 2. The molecule has 4 aromatic rings. The van der Waals surface area contributed by atoms with E-state index >= 15 is 0 Å². The molecule has 0 spiro atoms. The van der Waals surface area contributed by atoms with E-state index in [1.165, 1.54) is 33.5 Å². The minimum atomic E-state index is -4.23. The molecule has 5 rings (SSSR count). The highest BCUT2D eigenvalue weighted by Gasteiger charge is 2.29. The summed E-state index contributed by atoms with van der Waals surface area (Å²) in [6, 6.07) is 14.2. The molecule has 0 atom stereocenters. The minimum absolute atomic E-state index is 0.0837. The molecule has 2 aromatic carbocycles. The van der Waals surface area contributed by atoms with Crippen LogP contribution in [0.1, 0.15) is 20.8 Å². The number of anilines is 2. The number of benzene rings is 2. The number of amides is 1. The molecule has 1 saturated heterocycles. The first-order valence-corrected chi connectivity index (χ1v) is 15.3. The maximum Gasteiger partial charge on any atom is 0.410 e. The van der Waals surface area contributed by atoms with Crippen LogP contribution >= 0.6 is 0 Å². The van der Waals surface area contributed by atoms with Crippen LogP contribution in [0.5, 0.6) is 17.2 Å². The van der Waals surface area contributed by atoms with Gasteiger partial charge in [-0.1, -0.05) is 23.4 Å². The van der Waals surface area contributed by atoms with Crippen LogP contribution in [0, 0.1) is 0 Å². The number of rotatable bonds is 8.